The summed E-state index contributed by atoms with van der Waals surface area (Å²) < 4.78 is 27.9. The maximum absolute atomic E-state index is 12.6. The molecule has 0 aliphatic carbocycles. The first-order valence-electron chi connectivity index (χ1n) is 9.35. The Labute approximate surface area is 174 Å². The first-order valence-corrected chi connectivity index (χ1v) is 11.7. The summed E-state index contributed by atoms with van der Waals surface area (Å²) >= 11 is 1.56. The second kappa shape index (κ2) is 8.06. The van der Waals surface area contributed by atoms with Crippen LogP contribution < -0.4 is 10.0 Å². The molecule has 8 heteroatoms. The van der Waals surface area contributed by atoms with E-state index in [0.29, 0.717) is 24.9 Å². The molecule has 3 aromatic rings. The zero-order valence-electron chi connectivity index (χ0n) is 15.9. The van der Waals surface area contributed by atoms with Crippen LogP contribution in [0.1, 0.15) is 23.2 Å². The summed E-state index contributed by atoms with van der Waals surface area (Å²) in [6, 6.07) is 13.0. The van der Waals surface area contributed by atoms with Gasteiger partial charge < -0.3 is 5.32 Å². The Morgan fingerprint density at radius 2 is 1.93 bits per heavy atom. The van der Waals surface area contributed by atoms with Gasteiger partial charge in [-0.3, -0.25) is 4.79 Å². The molecule has 2 heterocycles. The number of thiazole rings is 1. The van der Waals surface area contributed by atoms with Gasteiger partial charge in [-0.25, -0.2) is 18.1 Å². The molecule has 0 atom stereocenters. The fourth-order valence-electron chi connectivity index (χ4n) is 3.17. The number of sulfonamides is 1. The number of amides is 1. The summed E-state index contributed by atoms with van der Waals surface area (Å²) in [5, 5.41) is 5.65. The van der Waals surface area contributed by atoms with E-state index in [1.807, 2.05) is 24.4 Å². The van der Waals surface area contributed by atoms with Crippen molar-refractivity contribution in [3.63, 3.8) is 0 Å². The molecule has 0 spiro atoms. The highest BCUT2D eigenvalue weighted by Gasteiger charge is 2.19. The average Bonchev–Trinajstić information content (AvgIpc) is 3.17. The molecule has 0 unspecified atom stereocenters. The number of carbonyl (C=O) groups is 1. The van der Waals surface area contributed by atoms with E-state index >= 15 is 0 Å². The lowest BCUT2D eigenvalue weighted by Crippen LogP contribution is -2.26. The molecular weight excluding hydrogens is 406 g/mol. The highest BCUT2D eigenvalue weighted by Crippen LogP contribution is 2.26. The molecule has 1 aliphatic heterocycles. The Morgan fingerprint density at radius 3 is 2.72 bits per heavy atom. The van der Waals surface area contributed by atoms with Gasteiger partial charge >= 0.3 is 0 Å². The number of nitrogens with zero attached hydrogens (tertiary/aromatic N) is 1. The highest BCUT2D eigenvalue weighted by atomic mass is 32.2. The van der Waals surface area contributed by atoms with Crippen molar-refractivity contribution < 1.29 is 13.2 Å². The second-order valence-corrected chi connectivity index (χ2v) is 9.65. The van der Waals surface area contributed by atoms with Gasteiger partial charge in [-0.15, -0.1) is 11.3 Å². The monoisotopic (exact) mass is 427 g/mol. The first-order chi connectivity index (χ1) is 13.9. The Balaban J connectivity index is 1.39. The standard InChI is InChI=1S/C21H21N3O3S2/c1-14-2-4-15(5-3-14)21-23-17(13-28-21)10-11-22-29(26,27)18-7-8-19-16(12-18)6-9-20(25)24-19/h2-5,7-8,12-13,22H,6,9-11H2,1H3,(H,24,25). The Morgan fingerprint density at radius 1 is 1.14 bits per heavy atom. The summed E-state index contributed by atoms with van der Waals surface area (Å²) in [6.45, 7) is 2.31. The second-order valence-electron chi connectivity index (χ2n) is 7.02. The maximum Gasteiger partial charge on any atom is 0.240 e. The minimum atomic E-state index is -3.61. The molecule has 0 saturated carbocycles. The van der Waals surface area contributed by atoms with E-state index in [0.717, 1.165) is 21.8 Å². The number of anilines is 1. The SMILES string of the molecule is Cc1ccc(-c2nc(CCNS(=O)(=O)c3ccc4c(c3)CCC(=O)N4)cs2)cc1. The van der Waals surface area contributed by atoms with Crippen molar-refractivity contribution in [1.29, 1.82) is 0 Å². The summed E-state index contributed by atoms with van der Waals surface area (Å²) in [5.74, 6) is -0.0421. The van der Waals surface area contributed by atoms with Gasteiger partial charge in [0.15, 0.2) is 0 Å². The van der Waals surface area contributed by atoms with Gasteiger partial charge in [-0.2, -0.15) is 0 Å². The topological polar surface area (TPSA) is 88.2 Å². The number of fused-ring (bicyclic) bond motifs is 1. The van der Waals surface area contributed by atoms with Crippen LogP contribution in [-0.2, 0) is 27.7 Å². The van der Waals surface area contributed by atoms with E-state index in [9.17, 15) is 13.2 Å². The predicted octanol–water partition coefficient (Wildman–Crippen LogP) is 3.52. The van der Waals surface area contributed by atoms with Crippen LogP contribution >= 0.6 is 11.3 Å². The van der Waals surface area contributed by atoms with E-state index in [1.165, 1.54) is 11.6 Å². The molecule has 2 N–H and O–H groups in total. The first kappa shape index (κ1) is 19.8. The highest BCUT2D eigenvalue weighted by molar-refractivity contribution is 7.89. The third-order valence-electron chi connectivity index (χ3n) is 4.81. The van der Waals surface area contributed by atoms with Gasteiger partial charge in [0.25, 0.3) is 0 Å². The van der Waals surface area contributed by atoms with Crippen LogP contribution in [0.2, 0.25) is 0 Å². The summed E-state index contributed by atoms with van der Waals surface area (Å²) in [6.07, 6.45) is 1.44. The van der Waals surface area contributed by atoms with Gasteiger partial charge in [0.05, 0.1) is 10.6 Å². The number of hydrogen-bond donors (Lipinski definition) is 2. The van der Waals surface area contributed by atoms with Gasteiger partial charge in [0.2, 0.25) is 15.9 Å². The van der Waals surface area contributed by atoms with Crippen molar-refractivity contribution in [2.24, 2.45) is 0 Å². The van der Waals surface area contributed by atoms with Gasteiger partial charge in [0, 0.05) is 36.0 Å². The molecule has 150 valence electrons. The summed E-state index contributed by atoms with van der Waals surface area (Å²) in [5.41, 5.74) is 4.65. The fourth-order valence-corrected chi connectivity index (χ4v) is 5.12. The quantitative estimate of drug-likeness (QED) is 0.630. The molecule has 0 saturated heterocycles. The van der Waals surface area contributed by atoms with Crippen LogP contribution in [-0.4, -0.2) is 25.9 Å². The lowest BCUT2D eigenvalue weighted by Gasteiger charge is -2.17. The average molecular weight is 428 g/mol. The minimum absolute atomic E-state index is 0.0421. The molecule has 2 aromatic carbocycles. The van der Waals surface area contributed by atoms with Crippen molar-refractivity contribution in [1.82, 2.24) is 9.71 Å². The minimum Gasteiger partial charge on any atom is -0.326 e. The van der Waals surface area contributed by atoms with Crippen molar-refractivity contribution in [2.45, 2.75) is 31.1 Å². The molecule has 1 aromatic heterocycles. The number of nitrogens with one attached hydrogen (secondary N) is 2. The van der Waals surface area contributed by atoms with Crippen molar-refractivity contribution in [2.75, 3.05) is 11.9 Å². The molecule has 4 rings (SSSR count). The van der Waals surface area contributed by atoms with Crippen molar-refractivity contribution >= 4 is 33.0 Å². The molecule has 0 radical (unpaired) electrons. The Bertz CT molecular complexity index is 1150. The zero-order valence-corrected chi connectivity index (χ0v) is 17.6. The zero-order chi connectivity index (χ0) is 20.4. The Hall–Kier alpha value is -2.55. The van der Waals surface area contributed by atoms with E-state index < -0.39 is 10.0 Å². The van der Waals surface area contributed by atoms with Crippen LogP contribution in [0.3, 0.4) is 0 Å². The third-order valence-corrected chi connectivity index (χ3v) is 7.20. The van der Waals surface area contributed by atoms with E-state index in [-0.39, 0.29) is 17.3 Å². The fraction of sp³-hybridized carbons (Fsp3) is 0.238. The maximum atomic E-state index is 12.6. The molecule has 1 amide bonds. The predicted molar refractivity (Wildman–Crippen MR) is 115 cm³/mol. The number of aromatic nitrogens is 1. The van der Waals surface area contributed by atoms with Crippen LogP contribution in [0.15, 0.2) is 52.7 Å². The summed E-state index contributed by atoms with van der Waals surface area (Å²) in [7, 11) is -3.61. The van der Waals surface area contributed by atoms with Gasteiger partial charge in [0.1, 0.15) is 5.01 Å². The number of benzene rings is 2. The number of rotatable bonds is 6. The van der Waals surface area contributed by atoms with Crippen molar-refractivity contribution in [3.05, 3.63) is 64.7 Å². The molecule has 29 heavy (non-hydrogen) atoms. The summed E-state index contributed by atoms with van der Waals surface area (Å²) in [4.78, 5) is 16.3. The molecular formula is C21H21N3O3S2. The Kier molecular flexibility index (Phi) is 5.49. The molecule has 1 aliphatic rings. The van der Waals surface area contributed by atoms with Gasteiger partial charge in [-0.05, 0) is 37.1 Å². The lowest BCUT2D eigenvalue weighted by atomic mass is 10.0. The van der Waals surface area contributed by atoms with Crippen LogP contribution in [0.25, 0.3) is 10.6 Å². The van der Waals surface area contributed by atoms with E-state index in [2.05, 4.69) is 27.2 Å². The molecule has 0 bridgehead atoms. The third kappa shape index (κ3) is 4.55. The number of carbonyl (C=O) groups excluding carboxylic acids is 1. The number of hydrogen-bond acceptors (Lipinski definition) is 5. The van der Waals surface area contributed by atoms with Gasteiger partial charge in [-0.1, -0.05) is 29.8 Å². The largest absolute Gasteiger partial charge is 0.326 e. The normalized spacial score (nSPS) is 13.8. The van der Waals surface area contributed by atoms with Crippen LogP contribution in [0.4, 0.5) is 5.69 Å². The van der Waals surface area contributed by atoms with Crippen LogP contribution in [0.5, 0.6) is 0 Å². The molecule has 0 fully saturated rings. The lowest BCUT2D eigenvalue weighted by molar-refractivity contribution is -0.116. The van der Waals surface area contributed by atoms with Crippen molar-refractivity contribution in [3.8, 4) is 10.6 Å². The van der Waals surface area contributed by atoms with E-state index in [4.69, 9.17) is 0 Å². The van der Waals surface area contributed by atoms with Crippen LogP contribution in [0, 0.1) is 6.92 Å². The number of aryl methyl sites for hydroxylation is 2. The molecule has 6 nitrogen and oxygen atoms in total. The van der Waals surface area contributed by atoms with E-state index in [1.54, 1.807) is 23.5 Å². The smallest absolute Gasteiger partial charge is 0.240 e.